The summed E-state index contributed by atoms with van der Waals surface area (Å²) < 4.78 is 24.5. The van der Waals surface area contributed by atoms with Crippen molar-refractivity contribution in [1.82, 2.24) is 0 Å². The predicted molar refractivity (Wildman–Crippen MR) is 69.2 cm³/mol. The van der Waals surface area contributed by atoms with E-state index < -0.39 is 11.4 Å². The summed E-state index contributed by atoms with van der Waals surface area (Å²) >= 11 is 3.28. The molecular formula is C12H17BrFNO2. The minimum absolute atomic E-state index is 0.139. The summed E-state index contributed by atoms with van der Waals surface area (Å²) in [7, 11) is 2.94. The molecule has 96 valence electrons. The van der Waals surface area contributed by atoms with Crippen molar-refractivity contribution in [3.63, 3.8) is 0 Å². The summed E-state index contributed by atoms with van der Waals surface area (Å²) in [5.41, 5.74) is 6.21. The summed E-state index contributed by atoms with van der Waals surface area (Å²) in [6.07, 6.45) is 0.510. The van der Waals surface area contributed by atoms with Gasteiger partial charge in [0.2, 0.25) is 0 Å². The van der Waals surface area contributed by atoms with Gasteiger partial charge >= 0.3 is 0 Å². The lowest BCUT2D eigenvalue weighted by Gasteiger charge is -2.21. The van der Waals surface area contributed by atoms with E-state index in [0.29, 0.717) is 22.2 Å². The standard InChI is InChI=1S/C12H17BrFNO2/c1-12(2,15)6-7-5-8(14)11(17-4)9(13)10(7)16-3/h5H,6,15H2,1-4H3. The minimum atomic E-state index is -0.437. The lowest BCUT2D eigenvalue weighted by Crippen LogP contribution is -2.34. The monoisotopic (exact) mass is 305 g/mol. The summed E-state index contributed by atoms with van der Waals surface area (Å²) in [5, 5.41) is 0. The van der Waals surface area contributed by atoms with Gasteiger partial charge in [0, 0.05) is 11.1 Å². The number of rotatable bonds is 4. The summed E-state index contributed by atoms with van der Waals surface area (Å²) in [6, 6.07) is 1.40. The highest BCUT2D eigenvalue weighted by atomic mass is 79.9. The van der Waals surface area contributed by atoms with Gasteiger partial charge in [0.05, 0.1) is 14.2 Å². The van der Waals surface area contributed by atoms with Crippen molar-refractivity contribution in [1.29, 1.82) is 0 Å². The van der Waals surface area contributed by atoms with Gasteiger partial charge in [-0.3, -0.25) is 0 Å². The van der Waals surface area contributed by atoms with Crippen molar-refractivity contribution in [2.45, 2.75) is 25.8 Å². The maximum Gasteiger partial charge on any atom is 0.172 e. The smallest absolute Gasteiger partial charge is 0.172 e. The Morgan fingerprint density at radius 1 is 1.29 bits per heavy atom. The summed E-state index contributed by atoms with van der Waals surface area (Å²) in [4.78, 5) is 0. The molecule has 0 saturated heterocycles. The summed E-state index contributed by atoms with van der Waals surface area (Å²) in [6.45, 7) is 3.75. The molecule has 0 heterocycles. The second-order valence-electron chi connectivity index (χ2n) is 4.56. The molecule has 0 fully saturated rings. The predicted octanol–water partition coefficient (Wildman–Crippen LogP) is 2.89. The third-order valence-electron chi connectivity index (χ3n) is 2.26. The van der Waals surface area contributed by atoms with E-state index in [1.165, 1.54) is 20.3 Å². The van der Waals surface area contributed by atoms with Gasteiger partial charge in [-0.15, -0.1) is 0 Å². The van der Waals surface area contributed by atoms with E-state index in [1.807, 2.05) is 13.8 Å². The van der Waals surface area contributed by atoms with Crippen LogP contribution in [0.4, 0.5) is 4.39 Å². The maximum atomic E-state index is 13.8. The molecule has 0 bridgehead atoms. The van der Waals surface area contributed by atoms with Crippen LogP contribution < -0.4 is 15.2 Å². The number of methoxy groups -OCH3 is 2. The van der Waals surface area contributed by atoms with Crippen LogP contribution in [0.15, 0.2) is 10.5 Å². The number of hydrogen-bond donors (Lipinski definition) is 1. The average molecular weight is 306 g/mol. The molecule has 1 rings (SSSR count). The molecule has 0 aromatic heterocycles. The maximum absolute atomic E-state index is 13.8. The molecule has 0 radical (unpaired) electrons. The van der Waals surface area contributed by atoms with E-state index in [9.17, 15) is 4.39 Å². The van der Waals surface area contributed by atoms with Crippen molar-refractivity contribution in [3.8, 4) is 11.5 Å². The Morgan fingerprint density at radius 3 is 2.24 bits per heavy atom. The van der Waals surface area contributed by atoms with Crippen LogP contribution in [0.3, 0.4) is 0 Å². The lowest BCUT2D eigenvalue weighted by atomic mass is 9.95. The fraction of sp³-hybridized carbons (Fsp3) is 0.500. The van der Waals surface area contributed by atoms with Crippen LogP contribution in [-0.4, -0.2) is 19.8 Å². The van der Waals surface area contributed by atoms with Gasteiger partial charge in [-0.25, -0.2) is 4.39 Å². The van der Waals surface area contributed by atoms with Crippen LogP contribution >= 0.6 is 15.9 Å². The van der Waals surface area contributed by atoms with Crippen LogP contribution in [0.2, 0.25) is 0 Å². The third-order valence-corrected chi connectivity index (χ3v) is 2.98. The number of ether oxygens (including phenoxy) is 2. The van der Waals surface area contributed by atoms with Gasteiger partial charge in [-0.05, 0) is 42.3 Å². The van der Waals surface area contributed by atoms with Gasteiger partial charge < -0.3 is 15.2 Å². The fourth-order valence-corrected chi connectivity index (χ4v) is 2.43. The first kappa shape index (κ1) is 14.3. The van der Waals surface area contributed by atoms with Crippen molar-refractivity contribution in [2.75, 3.05) is 14.2 Å². The molecule has 0 saturated carbocycles. The van der Waals surface area contributed by atoms with Crippen molar-refractivity contribution < 1.29 is 13.9 Å². The molecule has 1 aromatic carbocycles. The third kappa shape index (κ3) is 3.33. The van der Waals surface area contributed by atoms with Gasteiger partial charge in [0.15, 0.2) is 11.6 Å². The minimum Gasteiger partial charge on any atom is -0.495 e. The molecule has 0 amide bonds. The summed E-state index contributed by atoms with van der Waals surface area (Å²) in [5.74, 6) is 0.265. The second kappa shape index (κ2) is 5.23. The first-order valence-corrected chi connectivity index (χ1v) is 5.97. The lowest BCUT2D eigenvalue weighted by molar-refractivity contribution is 0.364. The normalized spacial score (nSPS) is 11.5. The van der Waals surface area contributed by atoms with E-state index in [0.717, 1.165) is 0 Å². The van der Waals surface area contributed by atoms with Crippen molar-refractivity contribution in [3.05, 3.63) is 21.9 Å². The molecule has 0 aliphatic heterocycles. The first-order valence-electron chi connectivity index (χ1n) is 5.18. The van der Waals surface area contributed by atoms with Gasteiger partial charge in [-0.1, -0.05) is 0 Å². The molecule has 2 N–H and O–H groups in total. The zero-order valence-electron chi connectivity index (χ0n) is 10.4. The van der Waals surface area contributed by atoms with Crippen LogP contribution in [0.5, 0.6) is 11.5 Å². The van der Waals surface area contributed by atoms with Crippen LogP contribution in [0.25, 0.3) is 0 Å². The second-order valence-corrected chi connectivity index (χ2v) is 5.36. The fourth-order valence-electron chi connectivity index (χ4n) is 1.66. The molecular weight excluding hydrogens is 289 g/mol. The Balaban J connectivity index is 3.32. The highest BCUT2D eigenvalue weighted by Crippen LogP contribution is 2.40. The van der Waals surface area contributed by atoms with Crippen LogP contribution in [-0.2, 0) is 6.42 Å². The number of benzene rings is 1. The van der Waals surface area contributed by atoms with Gasteiger partial charge in [0.1, 0.15) is 10.2 Å². The SMILES string of the molecule is COc1c(F)cc(CC(C)(C)N)c(OC)c1Br. The Hall–Kier alpha value is -0.810. The average Bonchev–Trinajstić information content (AvgIpc) is 2.15. The first-order chi connectivity index (χ1) is 7.80. The topological polar surface area (TPSA) is 44.5 Å². The van der Waals surface area contributed by atoms with E-state index in [2.05, 4.69) is 15.9 Å². The van der Waals surface area contributed by atoms with Crippen molar-refractivity contribution >= 4 is 15.9 Å². The highest BCUT2D eigenvalue weighted by Gasteiger charge is 2.22. The Labute approximate surface area is 109 Å². The Kier molecular flexibility index (Phi) is 4.38. The van der Waals surface area contributed by atoms with Gasteiger partial charge in [0.25, 0.3) is 0 Å². The zero-order valence-corrected chi connectivity index (χ0v) is 12.0. The van der Waals surface area contributed by atoms with E-state index in [4.69, 9.17) is 15.2 Å². The molecule has 0 spiro atoms. The van der Waals surface area contributed by atoms with Gasteiger partial charge in [-0.2, -0.15) is 0 Å². The number of nitrogens with two attached hydrogens (primary N) is 1. The zero-order chi connectivity index (χ0) is 13.2. The Morgan fingerprint density at radius 2 is 1.82 bits per heavy atom. The highest BCUT2D eigenvalue weighted by molar-refractivity contribution is 9.10. The quantitative estimate of drug-likeness (QED) is 0.930. The molecule has 0 unspecified atom stereocenters. The number of hydrogen-bond acceptors (Lipinski definition) is 3. The van der Waals surface area contributed by atoms with Crippen LogP contribution in [0.1, 0.15) is 19.4 Å². The van der Waals surface area contributed by atoms with E-state index in [-0.39, 0.29) is 5.75 Å². The van der Waals surface area contributed by atoms with Crippen molar-refractivity contribution in [2.24, 2.45) is 5.73 Å². The Bertz CT molecular complexity index is 416. The molecule has 17 heavy (non-hydrogen) atoms. The molecule has 0 aliphatic rings. The molecule has 0 aliphatic carbocycles. The number of halogens is 2. The van der Waals surface area contributed by atoms with E-state index >= 15 is 0 Å². The molecule has 0 atom stereocenters. The van der Waals surface area contributed by atoms with E-state index in [1.54, 1.807) is 0 Å². The molecule has 1 aromatic rings. The van der Waals surface area contributed by atoms with Crippen LogP contribution in [0, 0.1) is 5.82 Å². The molecule has 5 heteroatoms. The largest absolute Gasteiger partial charge is 0.495 e. The molecule has 3 nitrogen and oxygen atoms in total.